The Hall–Kier alpha value is -2.71. The van der Waals surface area contributed by atoms with Crippen LogP contribution in [0.5, 0.6) is 0 Å². The van der Waals surface area contributed by atoms with E-state index in [1.54, 1.807) is 0 Å². The van der Waals surface area contributed by atoms with Crippen molar-refractivity contribution in [2.45, 2.75) is 30.7 Å². The van der Waals surface area contributed by atoms with Crippen molar-refractivity contribution < 1.29 is 22.7 Å². The summed E-state index contributed by atoms with van der Waals surface area (Å²) in [5.41, 5.74) is 1.03. The van der Waals surface area contributed by atoms with Crippen LogP contribution in [0.25, 0.3) is 0 Å². The molecular weight excluding hydrogens is 380 g/mol. The van der Waals surface area contributed by atoms with Crippen LogP contribution in [0.2, 0.25) is 0 Å². The van der Waals surface area contributed by atoms with E-state index in [2.05, 4.69) is 10.0 Å². The van der Waals surface area contributed by atoms with E-state index in [1.807, 2.05) is 37.3 Å². The average molecular weight is 404 g/mol. The van der Waals surface area contributed by atoms with Gasteiger partial charge in [-0.15, -0.1) is 0 Å². The zero-order valence-corrected chi connectivity index (χ0v) is 16.7. The highest BCUT2D eigenvalue weighted by molar-refractivity contribution is 7.89. The summed E-state index contributed by atoms with van der Waals surface area (Å²) in [6.07, 6.45) is 1.64. The van der Waals surface area contributed by atoms with Gasteiger partial charge in [0, 0.05) is 0 Å². The molecule has 0 saturated carbocycles. The second kappa shape index (κ2) is 10.0. The van der Waals surface area contributed by atoms with Crippen LogP contribution in [0.3, 0.4) is 0 Å². The molecule has 0 aliphatic rings. The van der Waals surface area contributed by atoms with Crippen LogP contribution < -0.4 is 10.0 Å². The standard InChI is InChI=1S/C20H24N2O5S/c1-3-8-18(15-9-5-4-6-10-15)22-19(23)14-27-20(24)16-11-7-12-17(13-16)28(25,26)21-2/h4-7,9-13,18,21H,3,8,14H2,1-2H3,(H,22,23). The van der Waals surface area contributed by atoms with Crippen molar-refractivity contribution in [2.24, 2.45) is 0 Å². The number of carbonyl (C=O) groups is 2. The van der Waals surface area contributed by atoms with E-state index >= 15 is 0 Å². The Morgan fingerprint density at radius 3 is 2.43 bits per heavy atom. The molecule has 0 radical (unpaired) electrons. The number of nitrogens with one attached hydrogen (secondary N) is 2. The zero-order valence-electron chi connectivity index (χ0n) is 15.8. The largest absolute Gasteiger partial charge is 0.452 e. The predicted molar refractivity (Wildman–Crippen MR) is 105 cm³/mol. The van der Waals surface area contributed by atoms with Crippen LogP contribution >= 0.6 is 0 Å². The van der Waals surface area contributed by atoms with Gasteiger partial charge in [0.1, 0.15) is 0 Å². The number of rotatable bonds is 9. The third-order valence-corrected chi connectivity index (χ3v) is 5.51. The summed E-state index contributed by atoms with van der Waals surface area (Å²) in [5.74, 6) is -1.19. The third kappa shape index (κ3) is 5.90. The highest BCUT2D eigenvalue weighted by Gasteiger charge is 2.18. The molecule has 7 nitrogen and oxygen atoms in total. The molecule has 1 amide bonds. The first-order chi connectivity index (χ1) is 13.4. The van der Waals surface area contributed by atoms with Gasteiger partial charge in [0.05, 0.1) is 16.5 Å². The fourth-order valence-electron chi connectivity index (χ4n) is 2.65. The highest BCUT2D eigenvalue weighted by atomic mass is 32.2. The van der Waals surface area contributed by atoms with E-state index in [-0.39, 0.29) is 16.5 Å². The Bertz CT molecular complexity index is 913. The molecule has 1 atom stereocenters. The quantitative estimate of drug-likeness (QED) is 0.625. The van der Waals surface area contributed by atoms with E-state index < -0.39 is 28.5 Å². The summed E-state index contributed by atoms with van der Waals surface area (Å²) in [6, 6.07) is 14.8. The van der Waals surface area contributed by atoms with Gasteiger partial charge in [0.25, 0.3) is 5.91 Å². The van der Waals surface area contributed by atoms with Gasteiger partial charge in [0.15, 0.2) is 6.61 Å². The molecule has 0 aliphatic carbocycles. The minimum Gasteiger partial charge on any atom is -0.452 e. The minimum absolute atomic E-state index is 0.0530. The van der Waals surface area contributed by atoms with Crippen molar-refractivity contribution in [3.05, 3.63) is 65.7 Å². The molecule has 0 aromatic heterocycles. The van der Waals surface area contributed by atoms with E-state index in [0.29, 0.717) is 0 Å². The number of hydrogen-bond donors (Lipinski definition) is 2. The maximum atomic E-state index is 12.2. The molecule has 28 heavy (non-hydrogen) atoms. The molecule has 2 aromatic carbocycles. The number of benzene rings is 2. The van der Waals surface area contributed by atoms with E-state index in [4.69, 9.17) is 4.74 Å². The Morgan fingerprint density at radius 2 is 1.79 bits per heavy atom. The molecule has 1 unspecified atom stereocenters. The van der Waals surface area contributed by atoms with E-state index in [1.165, 1.54) is 31.3 Å². The third-order valence-electron chi connectivity index (χ3n) is 4.10. The van der Waals surface area contributed by atoms with Crippen LogP contribution in [0.15, 0.2) is 59.5 Å². The van der Waals surface area contributed by atoms with E-state index in [0.717, 1.165) is 18.4 Å². The Balaban J connectivity index is 1.98. The molecular formula is C20H24N2O5S. The first-order valence-corrected chi connectivity index (χ1v) is 10.4. The fourth-order valence-corrected chi connectivity index (χ4v) is 3.43. The summed E-state index contributed by atoms with van der Waals surface area (Å²) in [5, 5.41) is 2.86. The zero-order chi connectivity index (χ0) is 20.6. The maximum Gasteiger partial charge on any atom is 0.338 e. The first kappa shape index (κ1) is 21.6. The van der Waals surface area contributed by atoms with Crippen molar-refractivity contribution in [3.8, 4) is 0 Å². The fraction of sp³-hybridized carbons (Fsp3) is 0.300. The summed E-state index contributed by atoms with van der Waals surface area (Å²) in [4.78, 5) is 24.3. The lowest BCUT2D eigenvalue weighted by Crippen LogP contribution is -2.32. The molecule has 2 rings (SSSR count). The smallest absolute Gasteiger partial charge is 0.338 e. The average Bonchev–Trinajstić information content (AvgIpc) is 2.72. The number of carbonyl (C=O) groups excluding carboxylic acids is 2. The van der Waals surface area contributed by atoms with Gasteiger partial charge in [-0.25, -0.2) is 17.9 Å². The number of hydrogen-bond acceptors (Lipinski definition) is 5. The SMILES string of the molecule is CCCC(NC(=O)COC(=O)c1cccc(S(=O)(=O)NC)c1)c1ccccc1. The molecule has 8 heteroatoms. The van der Waals surface area contributed by atoms with Gasteiger partial charge in [-0.05, 0) is 37.2 Å². The van der Waals surface area contributed by atoms with Crippen molar-refractivity contribution >= 4 is 21.9 Å². The predicted octanol–water partition coefficient (Wildman–Crippen LogP) is 2.41. The van der Waals surface area contributed by atoms with Crippen molar-refractivity contribution in [2.75, 3.05) is 13.7 Å². The number of amides is 1. The van der Waals surface area contributed by atoms with Crippen LogP contribution in [-0.4, -0.2) is 33.9 Å². The molecule has 0 heterocycles. The van der Waals surface area contributed by atoms with Crippen molar-refractivity contribution in [1.82, 2.24) is 10.0 Å². The van der Waals surface area contributed by atoms with Gasteiger partial charge in [-0.2, -0.15) is 0 Å². The molecule has 0 spiro atoms. The van der Waals surface area contributed by atoms with E-state index in [9.17, 15) is 18.0 Å². The lowest BCUT2D eigenvalue weighted by atomic mass is 10.0. The Labute approximate surface area is 165 Å². The van der Waals surface area contributed by atoms with Gasteiger partial charge in [-0.1, -0.05) is 49.7 Å². The molecule has 2 N–H and O–H groups in total. The summed E-state index contributed by atoms with van der Waals surface area (Å²) >= 11 is 0. The first-order valence-electron chi connectivity index (χ1n) is 8.92. The van der Waals surface area contributed by atoms with Crippen LogP contribution in [-0.2, 0) is 19.6 Å². The van der Waals surface area contributed by atoms with Crippen LogP contribution in [0.4, 0.5) is 0 Å². The molecule has 0 aliphatic heterocycles. The minimum atomic E-state index is -3.68. The normalized spacial score (nSPS) is 12.2. The number of esters is 1. The lowest BCUT2D eigenvalue weighted by molar-refractivity contribution is -0.125. The number of sulfonamides is 1. The highest BCUT2D eigenvalue weighted by Crippen LogP contribution is 2.18. The Kier molecular flexibility index (Phi) is 7.71. The molecule has 150 valence electrons. The second-order valence-corrected chi connectivity index (χ2v) is 8.02. The number of ether oxygens (including phenoxy) is 1. The summed E-state index contributed by atoms with van der Waals surface area (Å²) < 4.78 is 30.9. The second-order valence-electron chi connectivity index (χ2n) is 6.13. The van der Waals surface area contributed by atoms with Crippen molar-refractivity contribution in [1.29, 1.82) is 0 Å². The van der Waals surface area contributed by atoms with Gasteiger partial charge < -0.3 is 10.1 Å². The monoisotopic (exact) mass is 404 g/mol. The van der Waals surface area contributed by atoms with Crippen LogP contribution in [0, 0.1) is 0 Å². The Morgan fingerprint density at radius 1 is 1.07 bits per heavy atom. The topological polar surface area (TPSA) is 102 Å². The summed E-state index contributed by atoms with van der Waals surface area (Å²) in [7, 11) is -2.39. The van der Waals surface area contributed by atoms with Crippen LogP contribution in [0.1, 0.15) is 41.7 Å². The maximum absolute atomic E-state index is 12.2. The molecule has 2 aromatic rings. The molecule has 0 saturated heterocycles. The van der Waals surface area contributed by atoms with Gasteiger partial charge in [0.2, 0.25) is 10.0 Å². The molecule has 0 fully saturated rings. The van der Waals surface area contributed by atoms with Gasteiger partial charge in [-0.3, -0.25) is 4.79 Å². The summed E-state index contributed by atoms with van der Waals surface area (Å²) in [6.45, 7) is 1.57. The van der Waals surface area contributed by atoms with Gasteiger partial charge >= 0.3 is 5.97 Å². The lowest BCUT2D eigenvalue weighted by Gasteiger charge is -2.18. The molecule has 0 bridgehead atoms. The van der Waals surface area contributed by atoms with Crippen molar-refractivity contribution in [3.63, 3.8) is 0 Å².